The molecule has 0 aliphatic carbocycles. The fraction of sp³-hybridized carbons (Fsp3) is 0.500. The van der Waals surface area contributed by atoms with Gasteiger partial charge in [0.05, 0.1) is 0 Å². The average molecular weight is 279 g/mol. The van der Waals surface area contributed by atoms with E-state index < -0.39 is 12.0 Å². The van der Waals surface area contributed by atoms with Crippen molar-refractivity contribution in [3.63, 3.8) is 0 Å². The van der Waals surface area contributed by atoms with Gasteiger partial charge in [0.25, 0.3) is 0 Å². The molecular formula is C14H21N3O3. The summed E-state index contributed by atoms with van der Waals surface area (Å²) >= 11 is 0. The summed E-state index contributed by atoms with van der Waals surface area (Å²) in [6.07, 6.45) is -0.524. The first-order valence-corrected chi connectivity index (χ1v) is 6.79. The largest absolute Gasteiger partial charge is 0.491 e. The van der Waals surface area contributed by atoms with Crippen LogP contribution in [0, 0.1) is 0 Å². The van der Waals surface area contributed by atoms with Crippen molar-refractivity contribution in [3.8, 4) is 5.75 Å². The summed E-state index contributed by atoms with van der Waals surface area (Å²) < 4.78 is 5.50. The lowest BCUT2D eigenvalue weighted by Crippen LogP contribution is -2.47. The number of rotatable bonds is 6. The summed E-state index contributed by atoms with van der Waals surface area (Å²) in [6.45, 7) is 4.67. The van der Waals surface area contributed by atoms with Crippen LogP contribution in [0.25, 0.3) is 0 Å². The van der Waals surface area contributed by atoms with Crippen LogP contribution in [0.5, 0.6) is 5.75 Å². The third-order valence-corrected chi connectivity index (χ3v) is 3.26. The van der Waals surface area contributed by atoms with Crippen LogP contribution >= 0.6 is 0 Å². The Hall–Kier alpha value is -1.63. The van der Waals surface area contributed by atoms with E-state index in [1.54, 1.807) is 24.3 Å². The molecular weight excluding hydrogens is 258 g/mol. The molecule has 110 valence electrons. The third-order valence-electron chi connectivity index (χ3n) is 3.26. The van der Waals surface area contributed by atoms with Crippen LogP contribution in [-0.2, 0) is 0 Å². The molecule has 0 spiro atoms. The van der Waals surface area contributed by atoms with Gasteiger partial charge in [-0.2, -0.15) is 0 Å². The number of carbonyl (C=O) groups excluding carboxylic acids is 1. The van der Waals surface area contributed by atoms with Crippen LogP contribution in [-0.4, -0.2) is 61.3 Å². The minimum Gasteiger partial charge on any atom is -0.491 e. The zero-order valence-electron chi connectivity index (χ0n) is 11.4. The molecule has 1 aromatic carbocycles. The van der Waals surface area contributed by atoms with Crippen molar-refractivity contribution in [2.75, 3.05) is 39.3 Å². The molecule has 0 bridgehead atoms. The lowest BCUT2D eigenvalue weighted by Gasteiger charge is -2.29. The fourth-order valence-corrected chi connectivity index (χ4v) is 2.15. The second-order valence-electron chi connectivity index (χ2n) is 4.90. The Labute approximate surface area is 118 Å². The first-order valence-electron chi connectivity index (χ1n) is 6.79. The lowest BCUT2D eigenvalue weighted by atomic mass is 10.2. The van der Waals surface area contributed by atoms with Gasteiger partial charge in [0.2, 0.25) is 5.91 Å². The predicted molar refractivity (Wildman–Crippen MR) is 75.8 cm³/mol. The second kappa shape index (κ2) is 7.23. The van der Waals surface area contributed by atoms with E-state index in [0.717, 1.165) is 26.2 Å². The molecule has 6 nitrogen and oxygen atoms in total. The Bertz CT molecular complexity index is 430. The van der Waals surface area contributed by atoms with Crippen molar-refractivity contribution in [3.05, 3.63) is 29.8 Å². The van der Waals surface area contributed by atoms with Crippen LogP contribution in [0.2, 0.25) is 0 Å². The summed E-state index contributed by atoms with van der Waals surface area (Å²) in [6, 6.07) is 6.58. The van der Waals surface area contributed by atoms with E-state index >= 15 is 0 Å². The standard InChI is InChI=1S/C14H21N3O3/c15-14(19)11-1-3-13(4-2-11)20-10-12(18)9-17-7-5-16-6-8-17/h1-4,12,16,18H,5-10H2,(H2,15,19). The van der Waals surface area contributed by atoms with Gasteiger partial charge >= 0.3 is 0 Å². The maximum absolute atomic E-state index is 10.9. The molecule has 4 N–H and O–H groups in total. The van der Waals surface area contributed by atoms with Crippen LogP contribution in [0.15, 0.2) is 24.3 Å². The molecule has 20 heavy (non-hydrogen) atoms. The zero-order valence-corrected chi connectivity index (χ0v) is 11.4. The number of hydrogen-bond acceptors (Lipinski definition) is 5. The quantitative estimate of drug-likeness (QED) is 0.649. The smallest absolute Gasteiger partial charge is 0.248 e. The number of hydrogen-bond donors (Lipinski definition) is 3. The monoisotopic (exact) mass is 279 g/mol. The van der Waals surface area contributed by atoms with Crippen molar-refractivity contribution >= 4 is 5.91 Å². The summed E-state index contributed by atoms with van der Waals surface area (Å²) in [5.41, 5.74) is 5.60. The van der Waals surface area contributed by atoms with E-state index in [1.807, 2.05) is 0 Å². The number of amides is 1. The van der Waals surface area contributed by atoms with Gasteiger partial charge in [-0.1, -0.05) is 0 Å². The summed E-state index contributed by atoms with van der Waals surface area (Å²) in [4.78, 5) is 13.1. The van der Waals surface area contributed by atoms with Crippen molar-refractivity contribution in [1.29, 1.82) is 0 Å². The molecule has 0 aromatic heterocycles. The molecule has 1 unspecified atom stereocenters. The molecule has 1 fully saturated rings. The topological polar surface area (TPSA) is 87.8 Å². The molecule has 1 heterocycles. The average Bonchev–Trinajstić information content (AvgIpc) is 2.46. The number of β-amino-alcohol motifs (C(OH)–C–C–N with tert-alkyl or cyclic N) is 1. The number of aliphatic hydroxyl groups is 1. The SMILES string of the molecule is NC(=O)c1ccc(OCC(O)CN2CCNCC2)cc1. The maximum atomic E-state index is 10.9. The van der Waals surface area contributed by atoms with E-state index in [-0.39, 0.29) is 6.61 Å². The highest BCUT2D eigenvalue weighted by molar-refractivity contribution is 5.92. The van der Waals surface area contributed by atoms with E-state index in [2.05, 4.69) is 10.2 Å². The van der Waals surface area contributed by atoms with Gasteiger partial charge in [-0.3, -0.25) is 9.69 Å². The number of primary amides is 1. The first-order chi connectivity index (χ1) is 9.65. The summed E-state index contributed by atoms with van der Waals surface area (Å²) in [7, 11) is 0. The normalized spacial score (nSPS) is 17.6. The molecule has 0 saturated carbocycles. The molecule has 1 aliphatic rings. The number of piperazine rings is 1. The summed E-state index contributed by atoms with van der Waals surface area (Å²) in [5, 5.41) is 13.2. The van der Waals surface area contributed by atoms with Gasteiger partial charge < -0.3 is 20.9 Å². The minimum absolute atomic E-state index is 0.236. The van der Waals surface area contributed by atoms with Gasteiger partial charge in [-0.15, -0.1) is 0 Å². The third kappa shape index (κ3) is 4.48. The van der Waals surface area contributed by atoms with Crippen molar-refractivity contribution in [2.24, 2.45) is 5.73 Å². The number of benzene rings is 1. The number of ether oxygens (including phenoxy) is 1. The molecule has 1 atom stereocenters. The lowest BCUT2D eigenvalue weighted by molar-refractivity contribution is 0.0641. The van der Waals surface area contributed by atoms with Gasteiger partial charge in [0.15, 0.2) is 0 Å². The molecule has 1 aliphatic heterocycles. The molecule has 1 amide bonds. The van der Waals surface area contributed by atoms with Crippen molar-refractivity contribution in [2.45, 2.75) is 6.10 Å². The van der Waals surface area contributed by atoms with E-state index in [0.29, 0.717) is 17.9 Å². The van der Waals surface area contributed by atoms with E-state index in [4.69, 9.17) is 10.5 Å². The molecule has 6 heteroatoms. The Balaban J connectivity index is 1.74. The predicted octanol–water partition coefficient (Wildman–Crippen LogP) is -0.570. The molecule has 2 rings (SSSR count). The van der Waals surface area contributed by atoms with Crippen LogP contribution < -0.4 is 15.8 Å². The number of aliphatic hydroxyl groups excluding tert-OH is 1. The van der Waals surface area contributed by atoms with E-state index in [9.17, 15) is 9.90 Å². The van der Waals surface area contributed by atoms with Gasteiger partial charge in [-0.25, -0.2) is 0 Å². The number of nitrogens with one attached hydrogen (secondary N) is 1. The molecule has 1 saturated heterocycles. The Kier molecular flexibility index (Phi) is 5.34. The maximum Gasteiger partial charge on any atom is 0.248 e. The van der Waals surface area contributed by atoms with Crippen LogP contribution in [0.3, 0.4) is 0 Å². The molecule has 0 radical (unpaired) electrons. The van der Waals surface area contributed by atoms with E-state index in [1.165, 1.54) is 0 Å². The van der Waals surface area contributed by atoms with Crippen LogP contribution in [0.4, 0.5) is 0 Å². The highest BCUT2D eigenvalue weighted by atomic mass is 16.5. The first kappa shape index (κ1) is 14.8. The van der Waals surface area contributed by atoms with Crippen molar-refractivity contribution < 1.29 is 14.6 Å². The Morgan fingerprint density at radius 2 is 2.00 bits per heavy atom. The Morgan fingerprint density at radius 1 is 1.35 bits per heavy atom. The van der Waals surface area contributed by atoms with Crippen molar-refractivity contribution in [1.82, 2.24) is 10.2 Å². The second-order valence-corrected chi connectivity index (χ2v) is 4.90. The minimum atomic E-state index is -0.524. The Morgan fingerprint density at radius 3 is 2.60 bits per heavy atom. The number of nitrogens with zero attached hydrogens (tertiary/aromatic N) is 1. The van der Waals surface area contributed by atoms with Gasteiger partial charge in [-0.05, 0) is 24.3 Å². The number of carbonyl (C=O) groups is 1. The number of nitrogens with two attached hydrogens (primary N) is 1. The fourth-order valence-electron chi connectivity index (χ4n) is 2.15. The van der Waals surface area contributed by atoms with Gasteiger partial charge in [0, 0.05) is 38.3 Å². The highest BCUT2D eigenvalue weighted by Gasteiger charge is 2.14. The zero-order chi connectivity index (χ0) is 14.4. The highest BCUT2D eigenvalue weighted by Crippen LogP contribution is 2.12. The molecule has 1 aromatic rings. The summed E-state index contributed by atoms with van der Waals surface area (Å²) in [5.74, 6) is 0.157. The van der Waals surface area contributed by atoms with Crippen LogP contribution in [0.1, 0.15) is 10.4 Å². The van der Waals surface area contributed by atoms with Gasteiger partial charge in [0.1, 0.15) is 18.5 Å².